The summed E-state index contributed by atoms with van der Waals surface area (Å²) in [7, 11) is 0. The normalized spacial score (nSPS) is 16.9. The minimum atomic E-state index is -0.254. The van der Waals surface area contributed by atoms with Crippen LogP contribution in [0.5, 0.6) is 5.75 Å². The first-order valence-corrected chi connectivity index (χ1v) is 9.88. The Kier molecular flexibility index (Phi) is 5.02. The Hall–Kier alpha value is -2.36. The molecule has 0 aliphatic carbocycles. The van der Waals surface area contributed by atoms with Gasteiger partial charge in [0.05, 0.1) is 12.2 Å². The van der Waals surface area contributed by atoms with E-state index in [0.717, 1.165) is 22.6 Å². The number of carbonyl (C=O) groups is 1. The van der Waals surface area contributed by atoms with Crippen molar-refractivity contribution in [2.45, 2.75) is 52.1 Å². The highest BCUT2D eigenvalue weighted by Gasteiger charge is 2.40. The number of fused-ring (bicyclic) bond motifs is 1. The molecule has 1 aliphatic heterocycles. The van der Waals surface area contributed by atoms with Crippen molar-refractivity contribution in [3.63, 3.8) is 0 Å². The zero-order chi connectivity index (χ0) is 19.8. The maximum atomic E-state index is 12.7. The van der Waals surface area contributed by atoms with Crippen LogP contribution in [-0.2, 0) is 12.0 Å². The number of carbonyl (C=O) groups excluding carboxylic acids is 1. The number of thiophene rings is 1. The predicted octanol–water partition coefficient (Wildman–Crippen LogP) is 4.43. The molecular formula is C21H25N3O2S. The summed E-state index contributed by atoms with van der Waals surface area (Å²) in [6.45, 7) is 11.0. The van der Waals surface area contributed by atoms with Gasteiger partial charge < -0.3 is 15.4 Å². The van der Waals surface area contributed by atoms with Gasteiger partial charge in [-0.15, -0.1) is 11.3 Å². The molecule has 2 aromatic rings. The molecule has 1 aliphatic rings. The fourth-order valence-electron chi connectivity index (χ4n) is 3.78. The molecule has 0 saturated heterocycles. The van der Waals surface area contributed by atoms with E-state index in [0.29, 0.717) is 22.7 Å². The molecular weight excluding hydrogens is 358 g/mol. The largest absolute Gasteiger partial charge is 0.494 e. The summed E-state index contributed by atoms with van der Waals surface area (Å²) in [5, 5.41) is 16.9. The summed E-state index contributed by atoms with van der Waals surface area (Å²) >= 11 is 1.49. The molecule has 0 atom stereocenters. The van der Waals surface area contributed by atoms with E-state index in [1.165, 1.54) is 11.3 Å². The Morgan fingerprint density at radius 2 is 1.96 bits per heavy atom. The summed E-state index contributed by atoms with van der Waals surface area (Å²) in [5.74, 6) is 0.506. The maximum Gasteiger partial charge on any atom is 0.256 e. The van der Waals surface area contributed by atoms with Crippen LogP contribution < -0.4 is 15.4 Å². The standard InChI is InChI=1S/C21H25N3O2S/c1-6-26-14-9-7-13(8-10-14)18(25)23-19-16(12-22)15-11-20(2,3)24-21(4,5)17(15)27-19/h7-10,24H,6,11H2,1-5H3,(H,23,25). The Morgan fingerprint density at radius 3 is 2.56 bits per heavy atom. The first-order valence-electron chi connectivity index (χ1n) is 9.06. The van der Waals surface area contributed by atoms with Gasteiger partial charge in [0, 0.05) is 21.5 Å². The van der Waals surface area contributed by atoms with Gasteiger partial charge in [0.1, 0.15) is 16.8 Å². The van der Waals surface area contributed by atoms with Crippen LogP contribution >= 0.6 is 11.3 Å². The lowest BCUT2D eigenvalue weighted by Gasteiger charge is -2.42. The van der Waals surface area contributed by atoms with Gasteiger partial charge in [0.2, 0.25) is 0 Å². The minimum Gasteiger partial charge on any atom is -0.494 e. The quantitative estimate of drug-likeness (QED) is 0.819. The number of amides is 1. The van der Waals surface area contributed by atoms with Crippen LogP contribution in [0.1, 0.15) is 61.0 Å². The minimum absolute atomic E-state index is 0.112. The van der Waals surface area contributed by atoms with Crippen LogP contribution in [0.25, 0.3) is 0 Å². The predicted molar refractivity (Wildman–Crippen MR) is 109 cm³/mol. The van der Waals surface area contributed by atoms with Crippen molar-refractivity contribution < 1.29 is 9.53 Å². The van der Waals surface area contributed by atoms with Crippen molar-refractivity contribution in [1.29, 1.82) is 5.26 Å². The topological polar surface area (TPSA) is 74.1 Å². The molecule has 0 bridgehead atoms. The summed E-state index contributed by atoms with van der Waals surface area (Å²) in [6, 6.07) is 9.32. The fraction of sp³-hybridized carbons (Fsp3) is 0.429. The molecule has 1 amide bonds. The second kappa shape index (κ2) is 6.99. The number of benzene rings is 1. The monoisotopic (exact) mass is 383 g/mol. The summed E-state index contributed by atoms with van der Waals surface area (Å²) in [5.41, 5.74) is 1.79. The van der Waals surface area contributed by atoms with Crippen LogP contribution in [0.2, 0.25) is 0 Å². The van der Waals surface area contributed by atoms with Gasteiger partial charge >= 0.3 is 0 Å². The third-order valence-corrected chi connectivity index (χ3v) is 6.08. The molecule has 0 saturated carbocycles. The lowest BCUT2D eigenvalue weighted by atomic mass is 9.81. The highest BCUT2D eigenvalue weighted by molar-refractivity contribution is 7.17. The molecule has 27 heavy (non-hydrogen) atoms. The average Bonchev–Trinajstić information content (AvgIpc) is 2.91. The molecule has 6 heteroatoms. The molecule has 1 aromatic heterocycles. The first kappa shape index (κ1) is 19.4. The van der Waals surface area contributed by atoms with Crippen LogP contribution in [-0.4, -0.2) is 18.1 Å². The van der Waals surface area contributed by atoms with Crippen molar-refractivity contribution in [2.75, 3.05) is 11.9 Å². The Balaban J connectivity index is 1.91. The van der Waals surface area contributed by atoms with Crippen LogP contribution in [0, 0.1) is 11.3 Å². The zero-order valence-corrected chi connectivity index (χ0v) is 17.2. The summed E-state index contributed by atoms with van der Waals surface area (Å²) in [4.78, 5) is 13.8. The SMILES string of the molecule is CCOc1ccc(C(=O)Nc2sc3c(c2C#N)CC(C)(C)NC3(C)C)cc1. The van der Waals surface area contributed by atoms with Crippen LogP contribution in [0.15, 0.2) is 24.3 Å². The van der Waals surface area contributed by atoms with Crippen molar-refractivity contribution >= 4 is 22.2 Å². The number of nitrogens with one attached hydrogen (secondary N) is 2. The first-order chi connectivity index (χ1) is 12.7. The highest BCUT2D eigenvalue weighted by Crippen LogP contribution is 2.44. The third kappa shape index (κ3) is 3.85. The van der Waals surface area contributed by atoms with Gasteiger partial charge in [-0.05, 0) is 70.9 Å². The lowest BCUT2D eigenvalue weighted by molar-refractivity contribution is 0.102. The van der Waals surface area contributed by atoms with E-state index >= 15 is 0 Å². The maximum absolute atomic E-state index is 12.7. The van der Waals surface area contributed by atoms with E-state index in [1.807, 2.05) is 6.92 Å². The second-order valence-electron chi connectivity index (χ2n) is 7.95. The summed E-state index contributed by atoms with van der Waals surface area (Å²) < 4.78 is 5.41. The van der Waals surface area contributed by atoms with Crippen molar-refractivity contribution in [1.82, 2.24) is 5.32 Å². The number of hydrogen-bond acceptors (Lipinski definition) is 5. The van der Waals surface area contributed by atoms with Gasteiger partial charge in [-0.1, -0.05) is 0 Å². The number of nitrogens with zero attached hydrogens (tertiary/aromatic N) is 1. The number of hydrogen-bond donors (Lipinski definition) is 2. The molecule has 2 N–H and O–H groups in total. The molecule has 1 aromatic carbocycles. The number of ether oxygens (including phenoxy) is 1. The highest BCUT2D eigenvalue weighted by atomic mass is 32.1. The van der Waals surface area contributed by atoms with Crippen molar-refractivity contribution in [3.8, 4) is 11.8 Å². The Bertz CT molecular complexity index is 905. The van der Waals surface area contributed by atoms with Gasteiger partial charge in [0.15, 0.2) is 0 Å². The molecule has 2 heterocycles. The molecule has 142 valence electrons. The molecule has 0 radical (unpaired) electrons. The van der Waals surface area contributed by atoms with Crippen molar-refractivity contribution in [3.05, 3.63) is 45.8 Å². The van der Waals surface area contributed by atoms with Crippen LogP contribution in [0.4, 0.5) is 5.00 Å². The van der Waals surface area contributed by atoms with E-state index in [1.54, 1.807) is 24.3 Å². The fourth-order valence-corrected chi connectivity index (χ4v) is 5.00. The van der Waals surface area contributed by atoms with Gasteiger partial charge in [-0.3, -0.25) is 4.79 Å². The molecule has 3 rings (SSSR count). The number of rotatable bonds is 4. The summed E-state index contributed by atoms with van der Waals surface area (Å²) in [6.07, 6.45) is 0.754. The number of nitriles is 1. The number of anilines is 1. The van der Waals surface area contributed by atoms with E-state index in [9.17, 15) is 10.1 Å². The molecule has 0 unspecified atom stereocenters. The van der Waals surface area contributed by atoms with Gasteiger partial charge in [0.25, 0.3) is 5.91 Å². The van der Waals surface area contributed by atoms with Crippen LogP contribution in [0.3, 0.4) is 0 Å². The zero-order valence-electron chi connectivity index (χ0n) is 16.4. The smallest absolute Gasteiger partial charge is 0.256 e. The van der Waals surface area contributed by atoms with E-state index in [2.05, 4.69) is 44.4 Å². The van der Waals surface area contributed by atoms with Crippen molar-refractivity contribution in [2.24, 2.45) is 0 Å². The molecule has 5 nitrogen and oxygen atoms in total. The molecule has 0 spiro atoms. The second-order valence-corrected chi connectivity index (χ2v) is 8.97. The Labute approximate surface area is 164 Å². The third-order valence-electron chi connectivity index (χ3n) is 4.61. The van der Waals surface area contributed by atoms with E-state index in [-0.39, 0.29) is 17.0 Å². The Morgan fingerprint density at radius 1 is 1.30 bits per heavy atom. The van der Waals surface area contributed by atoms with Gasteiger partial charge in [-0.25, -0.2) is 0 Å². The van der Waals surface area contributed by atoms with E-state index < -0.39 is 0 Å². The van der Waals surface area contributed by atoms with Gasteiger partial charge in [-0.2, -0.15) is 5.26 Å². The average molecular weight is 384 g/mol. The lowest BCUT2D eigenvalue weighted by Crippen LogP contribution is -2.54. The van der Waals surface area contributed by atoms with E-state index in [4.69, 9.17) is 4.74 Å². The molecule has 0 fully saturated rings.